The lowest BCUT2D eigenvalue weighted by Gasteiger charge is -2.12. The maximum Gasteiger partial charge on any atom is 0.573 e. The Bertz CT molecular complexity index is 703. The lowest BCUT2D eigenvalue weighted by atomic mass is 10.00. The van der Waals surface area contributed by atoms with Crippen molar-refractivity contribution in [3.8, 4) is 22.9 Å². The largest absolute Gasteiger partial charge is 0.573 e. The second-order valence-electron chi connectivity index (χ2n) is 4.03. The predicted octanol–water partition coefficient (Wildman–Crippen LogP) is 5.43. The van der Waals surface area contributed by atoms with Crippen molar-refractivity contribution in [2.24, 2.45) is 0 Å². The lowest BCUT2D eigenvalue weighted by molar-refractivity contribution is -0.274. The number of nitriles is 1. The zero-order chi connectivity index (χ0) is 15.6. The summed E-state index contributed by atoms with van der Waals surface area (Å²) >= 11 is 11.7. The van der Waals surface area contributed by atoms with Gasteiger partial charge in [-0.05, 0) is 42.0 Å². The van der Waals surface area contributed by atoms with Crippen LogP contribution in [0, 0.1) is 11.3 Å². The fraction of sp³-hybridized carbons (Fsp3) is 0.0714. The summed E-state index contributed by atoms with van der Waals surface area (Å²) in [5, 5.41) is 9.68. The van der Waals surface area contributed by atoms with Crippen LogP contribution < -0.4 is 4.74 Å². The Balaban J connectivity index is 2.55. The van der Waals surface area contributed by atoms with E-state index < -0.39 is 12.1 Å². The van der Waals surface area contributed by atoms with Crippen molar-refractivity contribution in [3.63, 3.8) is 0 Å². The smallest absolute Gasteiger partial charge is 0.406 e. The summed E-state index contributed by atoms with van der Waals surface area (Å²) in [5.74, 6) is -0.424. The molecule has 0 amide bonds. The minimum Gasteiger partial charge on any atom is -0.406 e. The number of rotatable bonds is 2. The van der Waals surface area contributed by atoms with E-state index in [2.05, 4.69) is 4.74 Å². The topological polar surface area (TPSA) is 33.0 Å². The molecule has 0 atom stereocenters. The van der Waals surface area contributed by atoms with E-state index in [1.807, 2.05) is 6.07 Å². The minimum absolute atomic E-state index is 0.183. The molecule has 2 aromatic rings. The Morgan fingerprint density at radius 1 is 1.00 bits per heavy atom. The van der Waals surface area contributed by atoms with Crippen molar-refractivity contribution in [1.29, 1.82) is 5.26 Å². The highest BCUT2D eigenvalue weighted by molar-refractivity contribution is 6.35. The molecule has 7 heteroatoms. The van der Waals surface area contributed by atoms with Gasteiger partial charge in [0.25, 0.3) is 0 Å². The summed E-state index contributed by atoms with van der Waals surface area (Å²) < 4.78 is 40.6. The summed E-state index contributed by atoms with van der Waals surface area (Å²) in [6.45, 7) is 0. The van der Waals surface area contributed by atoms with Crippen LogP contribution in [0.15, 0.2) is 36.4 Å². The molecule has 2 aromatic carbocycles. The third-order valence-electron chi connectivity index (χ3n) is 2.52. The first-order valence-corrected chi connectivity index (χ1v) is 6.30. The van der Waals surface area contributed by atoms with E-state index >= 15 is 0 Å². The molecule has 0 N–H and O–H groups in total. The standard InChI is InChI=1S/C14H6Cl2F3NO/c15-10-3-9(4-11(16)5-10)13-6-12(21-14(17,18)19)2-1-8(13)7-20/h1-6H. The number of benzene rings is 2. The van der Waals surface area contributed by atoms with Gasteiger partial charge in [-0.1, -0.05) is 23.2 Å². The van der Waals surface area contributed by atoms with Crippen LogP contribution in [0.25, 0.3) is 11.1 Å². The van der Waals surface area contributed by atoms with Crippen LogP contribution in [0.4, 0.5) is 13.2 Å². The third-order valence-corrected chi connectivity index (χ3v) is 2.96. The molecule has 0 radical (unpaired) electrons. The highest BCUT2D eigenvalue weighted by atomic mass is 35.5. The van der Waals surface area contributed by atoms with Gasteiger partial charge in [-0.2, -0.15) is 5.26 Å². The van der Waals surface area contributed by atoms with Gasteiger partial charge in [-0.25, -0.2) is 0 Å². The summed E-state index contributed by atoms with van der Waals surface area (Å²) in [6.07, 6.45) is -4.81. The van der Waals surface area contributed by atoms with Crippen LogP contribution in [-0.2, 0) is 0 Å². The van der Waals surface area contributed by atoms with E-state index in [-0.39, 0.29) is 11.1 Å². The molecule has 2 nitrogen and oxygen atoms in total. The average molecular weight is 332 g/mol. The Morgan fingerprint density at radius 2 is 1.62 bits per heavy atom. The zero-order valence-corrected chi connectivity index (χ0v) is 11.7. The van der Waals surface area contributed by atoms with Crippen molar-refractivity contribution in [3.05, 3.63) is 52.0 Å². The SMILES string of the molecule is N#Cc1ccc(OC(F)(F)F)cc1-c1cc(Cl)cc(Cl)c1. The quantitative estimate of drug-likeness (QED) is 0.734. The highest BCUT2D eigenvalue weighted by Crippen LogP contribution is 2.33. The molecule has 0 heterocycles. The van der Waals surface area contributed by atoms with E-state index in [1.165, 1.54) is 24.3 Å². The molecule has 0 saturated carbocycles. The van der Waals surface area contributed by atoms with Gasteiger partial charge in [0.2, 0.25) is 0 Å². The summed E-state index contributed by atoms with van der Waals surface area (Å²) in [5.41, 5.74) is 0.864. The number of alkyl halides is 3. The maximum absolute atomic E-state index is 12.3. The maximum atomic E-state index is 12.3. The first kappa shape index (κ1) is 15.5. The van der Waals surface area contributed by atoms with Gasteiger partial charge in [0.05, 0.1) is 11.6 Å². The average Bonchev–Trinajstić information content (AvgIpc) is 2.35. The normalized spacial score (nSPS) is 11.0. The Morgan fingerprint density at radius 3 is 2.14 bits per heavy atom. The van der Waals surface area contributed by atoms with Crippen LogP contribution in [0.5, 0.6) is 5.75 Å². The molecule has 0 spiro atoms. The van der Waals surface area contributed by atoms with E-state index in [0.717, 1.165) is 12.1 Å². The summed E-state index contributed by atoms with van der Waals surface area (Å²) in [7, 11) is 0. The van der Waals surface area contributed by atoms with Crippen LogP contribution in [0.2, 0.25) is 10.0 Å². The van der Waals surface area contributed by atoms with Crippen molar-refractivity contribution < 1.29 is 17.9 Å². The number of halogens is 5. The van der Waals surface area contributed by atoms with E-state index in [4.69, 9.17) is 28.5 Å². The fourth-order valence-electron chi connectivity index (χ4n) is 1.77. The molecule has 0 fully saturated rings. The van der Waals surface area contributed by atoms with Gasteiger partial charge in [0.1, 0.15) is 5.75 Å². The van der Waals surface area contributed by atoms with Gasteiger partial charge in [-0.15, -0.1) is 13.2 Å². The van der Waals surface area contributed by atoms with Gasteiger partial charge in [0, 0.05) is 15.6 Å². The first-order valence-electron chi connectivity index (χ1n) is 5.55. The molecule has 2 rings (SSSR count). The Kier molecular flexibility index (Phi) is 4.31. The number of hydrogen-bond donors (Lipinski definition) is 0. The number of nitrogens with zero attached hydrogens (tertiary/aromatic N) is 1. The van der Waals surface area contributed by atoms with Crippen LogP contribution in [0.3, 0.4) is 0 Å². The molecule has 0 aliphatic rings. The third kappa shape index (κ3) is 4.03. The number of ether oxygens (including phenoxy) is 1. The van der Waals surface area contributed by atoms with Crippen molar-refractivity contribution in [1.82, 2.24) is 0 Å². The van der Waals surface area contributed by atoms with E-state index in [0.29, 0.717) is 15.6 Å². The fourth-order valence-corrected chi connectivity index (χ4v) is 2.29. The van der Waals surface area contributed by atoms with Crippen molar-refractivity contribution >= 4 is 23.2 Å². The van der Waals surface area contributed by atoms with Gasteiger partial charge in [-0.3, -0.25) is 0 Å². The molecule has 0 saturated heterocycles. The predicted molar refractivity (Wildman–Crippen MR) is 73.3 cm³/mol. The molecule has 0 bridgehead atoms. The molecule has 21 heavy (non-hydrogen) atoms. The molecule has 108 valence electrons. The van der Waals surface area contributed by atoms with Crippen LogP contribution >= 0.6 is 23.2 Å². The van der Waals surface area contributed by atoms with Gasteiger partial charge >= 0.3 is 6.36 Å². The van der Waals surface area contributed by atoms with Crippen LogP contribution in [0.1, 0.15) is 5.56 Å². The first-order chi connectivity index (χ1) is 9.78. The molecular formula is C14H6Cl2F3NO. The second kappa shape index (κ2) is 5.84. The summed E-state index contributed by atoms with van der Waals surface area (Å²) in [6, 6.07) is 9.81. The zero-order valence-electron chi connectivity index (χ0n) is 10.2. The molecule has 0 aliphatic heterocycles. The van der Waals surface area contributed by atoms with Crippen LogP contribution in [-0.4, -0.2) is 6.36 Å². The second-order valence-corrected chi connectivity index (χ2v) is 4.90. The Hall–Kier alpha value is -1.90. The molecule has 0 unspecified atom stereocenters. The monoisotopic (exact) mass is 331 g/mol. The minimum atomic E-state index is -4.81. The molecular weight excluding hydrogens is 326 g/mol. The van der Waals surface area contributed by atoms with Gasteiger partial charge < -0.3 is 4.74 Å². The van der Waals surface area contributed by atoms with Crippen molar-refractivity contribution in [2.75, 3.05) is 0 Å². The van der Waals surface area contributed by atoms with E-state index in [9.17, 15) is 13.2 Å². The highest BCUT2D eigenvalue weighted by Gasteiger charge is 2.31. The Labute approximate surface area is 128 Å². The van der Waals surface area contributed by atoms with Crippen molar-refractivity contribution in [2.45, 2.75) is 6.36 Å². The molecule has 0 aromatic heterocycles. The lowest BCUT2D eigenvalue weighted by Crippen LogP contribution is -2.17. The number of hydrogen-bond acceptors (Lipinski definition) is 2. The summed E-state index contributed by atoms with van der Waals surface area (Å²) in [4.78, 5) is 0. The molecule has 0 aliphatic carbocycles. The van der Waals surface area contributed by atoms with Gasteiger partial charge in [0.15, 0.2) is 0 Å². The van der Waals surface area contributed by atoms with E-state index in [1.54, 1.807) is 0 Å².